The fourth-order valence-electron chi connectivity index (χ4n) is 3.93. The number of benzene rings is 1. The molecule has 2 aromatic rings. The predicted octanol–water partition coefficient (Wildman–Crippen LogP) is 5.89. The highest BCUT2D eigenvalue weighted by atomic mass is 16.5. The number of rotatable bonds is 7. The van der Waals surface area contributed by atoms with E-state index in [-0.39, 0.29) is 28.9 Å². The number of carbonyl (C=O) groups excluding carboxylic acids is 2. The van der Waals surface area contributed by atoms with Crippen LogP contribution in [0.1, 0.15) is 89.7 Å². The molecule has 35 heavy (non-hydrogen) atoms. The molecule has 7 heteroatoms. The van der Waals surface area contributed by atoms with Gasteiger partial charge in [-0.3, -0.25) is 4.79 Å². The Morgan fingerprint density at radius 1 is 0.971 bits per heavy atom. The van der Waals surface area contributed by atoms with E-state index in [0.717, 1.165) is 24.0 Å². The first kappa shape index (κ1) is 28.1. The highest BCUT2D eigenvalue weighted by Gasteiger charge is 2.28. The zero-order chi connectivity index (χ0) is 26.6. The summed E-state index contributed by atoms with van der Waals surface area (Å²) in [6, 6.07) is 3.55. The van der Waals surface area contributed by atoms with E-state index in [0.29, 0.717) is 17.7 Å². The third kappa shape index (κ3) is 6.96. The molecular formula is C28H41N3O4. The number of ether oxygens (including phenoxy) is 1. The number of amides is 1. The molecule has 0 aliphatic heterocycles. The van der Waals surface area contributed by atoms with Gasteiger partial charge in [-0.2, -0.15) is 0 Å². The molecule has 2 rings (SSSR count). The van der Waals surface area contributed by atoms with Crippen molar-refractivity contribution in [2.75, 3.05) is 7.11 Å². The number of carbonyl (C=O) groups is 2. The zero-order valence-electron chi connectivity index (χ0n) is 22.7. The number of phenols is 1. The molecule has 0 unspecified atom stereocenters. The molecular weight excluding hydrogens is 442 g/mol. The minimum Gasteiger partial charge on any atom is -0.507 e. The van der Waals surface area contributed by atoms with Crippen LogP contribution in [0.25, 0.3) is 0 Å². The van der Waals surface area contributed by atoms with Crippen molar-refractivity contribution in [1.82, 2.24) is 9.13 Å². The second-order valence-corrected chi connectivity index (χ2v) is 10.9. The Morgan fingerprint density at radius 3 is 1.94 bits per heavy atom. The third-order valence-corrected chi connectivity index (χ3v) is 6.15. The van der Waals surface area contributed by atoms with E-state index in [4.69, 9.17) is 4.74 Å². The summed E-state index contributed by atoms with van der Waals surface area (Å²) in [7, 11) is 1.28. The van der Waals surface area contributed by atoms with Crippen LogP contribution in [0.15, 0.2) is 41.2 Å². The summed E-state index contributed by atoms with van der Waals surface area (Å²) in [4.78, 5) is 29.6. The predicted molar refractivity (Wildman–Crippen MR) is 139 cm³/mol. The SMILES string of the molecule is CCC(=CCn1ccn(CC(=O)c2cc(C(C)(C)C)c(O)c(C(C)(C)C)c2)/c1=N/C(=O)OC)CC. The fourth-order valence-corrected chi connectivity index (χ4v) is 3.93. The Balaban J connectivity index is 2.56. The van der Waals surface area contributed by atoms with Gasteiger partial charge in [0.25, 0.3) is 0 Å². The van der Waals surface area contributed by atoms with E-state index in [2.05, 4.69) is 24.9 Å². The number of methoxy groups -OCH3 is 1. The largest absolute Gasteiger partial charge is 0.507 e. The van der Waals surface area contributed by atoms with Gasteiger partial charge in [0.05, 0.1) is 13.7 Å². The summed E-state index contributed by atoms with van der Waals surface area (Å²) in [5, 5.41) is 11.0. The topological polar surface area (TPSA) is 85.8 Å². The van der Waals surface area contributed by atoms with Crippen molar-refractivity contribution in [3.05, 3.63) is 58.5 Å². The molecule has 1 heterocycles. The van der Waals surface area contributed by atoms with Gasteiger partial charge in [0.1, 0.15) is 5.75 Å². The number of phenolic OH excluding ortho intramolecular Hbond substituents is 1. The van der Waals surface area contributed by atoms with Crippen molar-refractivity contribution in [3.63, 3.8) is 0 Å². The number of aromatic hydroxyl groups is 1. The third-order valence-electron chi connectivity index (χ3n) is 6.15. The molecule has 1 N–H and O–H groups in total. The van der Waals surface area contributed by atoms with Crippen LogP contribution in [0.5, 0.6) is 5.75 Å². The Labute approximate surface area is 209 Å². The highest BCUT2D eigenvalue weighted by molar-refractivity contribution is 5.96. The van der Waals surface area contributed by atoms with E-state index in [1.165, 1.54) is 12.7 Å². The molecule has 1 aromatic heterocycles. The van der Waals surface area contributed by atoms with Crippen molar-refractivity contribution < 1.29 is 19.4 Å². The molecule has 0 aliphatic rings. The molecule has 0 radical (unpaired) electrons. The van der Waals surface area contributed by atoms with Crippen molar-refractivity contribution in [3.8, 4) is 5.75 Å². The van der Waals surface area contributed by atoms with E-state index < -0.39 is 6.09 Å². The van der Waals surface area contributed by atoms with Crippen LogP contribution in [0, 0.1) is 0 Å². The van der Waals surface area contributed by atoms with E-state index in [1.54, 1.807) is 22.9 Å². The summed E-state index contributed by atoms with van der Waals surface area (Å²) in [6.07, 6.45) is 6.86. The molecule has 7 nitrogen and oxygen atoms in total. The smallest absolute Gasteiger partial charge is 0.436 e. The summed E-state index contributed by atoms with van der Waals surface area (Å²) >= 11 is 0. The first-order chi connectivity index (χ1) is 16.2. The lowest BCUT2D eigenvalue weighted by Gasteiger charge is -2.28. The number of hydrogen-bond acceptors (Lipinski definition) is 4. The van der Waals surface area contributed by atoms with Gasteiger partial charge in [-0.25, -0.2) is 4.79 Å². The summed E-state index contributed by atoms with van der Waals surface area (Å²) < 4.78 is 8.23. The minimum atomic E-state index is -0.726. The number of aromatic nitrogens is 2. The Kier molecular flexibility index (Phi) is 8.93. The fraction of sp³-hybridized carbons (Fsp3) is 0.536. The average molecular weight is 484 g/mol. The highest BCUT2D eigenvalue weighted by Crippen LogP contribution is 2.39. The van der Waals surface area contributed by atoms with Crippen molar-refractivity contribution >= 4 is 11.9 Å². The van der Waals surface area contributed by atoms with Crippen LogP contribution in [-0.2, 0) is 28.7 Å². The van der Waals surface area contributed by atoms with Gasteiger partial charge < -0.3 is 19.0 Å². The number of Topliss-reactive ketones (excluding diaryl/α,β-unsaturated/α-hetero) is 1. The molecule has 1 amide bonds. The van der Waals surface area contributed by atoms with Crippen molar-refractivity contribution in [2.24, 2.45) is 4.99 Å². The second kappa shape index (κ2) is 11.1. The number of allylic oxidation sites excluding steroid dienone is 2. The molecule has 0 bridgehead atoms. The van der Waals surface area contributed by atoms with Crippen LogP contribution < -0.4 is 5.62 Å². The number of ketones is 1. The first-order valence-electron chi connectivity index (χ1n) is 12.2. The lowest BCUT2D eigenvalue weighted by Crippen LogP contribution is -2.30. The van der Waals surface area contributed by atoms with E-state index >= 15 is 0 Å². The molecule has 0 spiro atoms. The van der Waals surface area contributed by atoms with Gasteiger partial charge in [0.15, 0.2) is 5.78 Å². The van der Waals surface area contributed by atoms with Gasteiger partial charge in [0.2, 0.25) is 5.62 Å². The van der Waals surface area contributed by atoms with Gasteiger partial charge in [-0.1, -0.05) is 67.0 Å². The molecule has 0 atom stereocenters. The quantitative estimate of drug-likeness (QED) is 0.393. The van der Waals surface area contributed by atoms with E-state index in [9.17, 15) is 14.7 Å². The lowest BCUT2D eigenvalue weighted by molar-refractivity contribution is 0.0969. The average Bonchev–Trinajstić information content (AvgIpc) is 3.13. The Bertz CT molecular complexity index is 1130. The molecule has 192 valence electrons. The molecule has 0 saturated heterocycles. The summed E-state index contributed by atoms with van der Waals surface area (Å²) in [6.45, 7) is 16.8. The maximum atomic E-state index is 13.5. The molecule has 1 aromatic carbocycles. The molecule has 0 fully saturated rings. The summed E-state index contributed by atoms with van der Waals surface area (Å²) in [5.74, 6) is 0.0968. The molecule has 0 aliphatic carbocycles. The van der Waals surface area contributed by atoms with Crippen LogP contribution in [0.2, 0.25) is 0 Å². The van der Waals surface area contributed by atoms with Gasteiger partial charge in [-0.15, -0.1) is 4.99 Å². The zero-order valence-corrected chi connectivity index (χ0v) is 22.7. The van der Waals surface area contributed by atoms with Gasteiger partial charge in [-0.05, 0) is 35.8 Å². The van der Waals surface area contributed by atoms with Crippen LogP contribution in [0.4, 0.5) is 4.79 Å². The second-order valence-electron chi connectivity index (χ2n) is 10.9. The monoisotopic (exact) mass is 483 g/mol. The Morgan fingerprint density at radius 2 is 1.49 bits per heavy atom. The molecule has 0 saturated carbocycles. The summed E-state index contributed by atoms with van der Waals surface area (Å²) in [5.41, 5.74) is 2.94. The van der Waals surface area contributed by atoms with Crippen LogP contribution in [-0.4, -0.2) is 33.2 Å². The first-order valence-corrected chi connectivity index (χ1v) is 12.2. The van der Waals surface area contributed by atoms with Crippen LogP contribution >= 0.6 is 0 Å². The standard InChI is InChI=1S/C28H41N3O4/c1-10-19(11-2)12-13-30-14-15-31(25(30)29-26(34)35-9)18-23(32)20-16-21(27(3,4)5)24(33)22(17-20)28(6,7)8/h12,14-17,33H,10-11,13,18H2,1-9H3/b29-25+. The Hall–Kier alpha value is -3.09. The normalized spacial score (nSPS) is 12.5. The number of imidazole rings is 1. The maximum absolute atomic E-state index is 13.5. The maximum Gasteiger partial charge on any atom is 0.436 e. The number of hydrogen-bond donors (Lipinski definition) is 1. The lowest BCUT2D eigenvalue weighted by atomic mass is 9.78. The number of nitrogens with zero attached hydrogens (tertiary/aromatic N) is 3. The van der Waals surface area contributed by atoms with Crippen LogP contribution in [0.3, 0.4) is 0 Å². The van der Waals surface area contributed by atoms with Crippen molar-refractivity contribution in [1.29, 1.82) is 0 Å². The van der Waals surface area contributed by atoms with Gasteiger partial charge in [0, 0.05) is 35.6 Å². The van der Waals surface area contributed by atoms with E-state index in [1.807, 2.05) is 52.3 Å². The van der Waals surface area contributed by atoms with Crippen molar-refractivity contribution in [2.45, 2.75) is 92.2 Å². The minimum absolute atomic E-state index is 0.00110. The van der Waals surface area contributed by atoms with Gasteiger partial charge >= 0.3 is 6.09 Å².